The van der Waals surface area contributed by atoms with Crippen molar-refractivity contribution in [2.24, 2.45) is 0 Å². The normalized spacial score (nSPS) is 11.4. The zero-order valence-electron chi connectivity index (χ0n) is 10.8. The number of aromatic amines is 1. The predicted octanol–water partition coefficient (Wildman–Crippen LogP) is 2.86. The number of benzene rings is 1. The SMILES string of the molecule is Cc1ccnc(Cc2nc3c(ccc4[nH]ncc43)s2)n1. The second-order valence-electron chi connectivity index (χ2n) is 4.64. The molecule has 4 aromatic rings. The topological polar surface area (TPSA) is 67.3 Å². The van der Waals surface area contributed by atoms with Gasteiger partial charge in [-0.2, -0.15) is 5.10 Å². The Labute approximate surface area is 118 Å². The number of nitrogens with one attached hydrogen (secondary N) is 1. The second kappa shape index (κ2) is 4.35. The van der Waals surface area contributed by atoms with Crippen LogP contribution in [0.1, 0.15) is 16.5 Å². The fourth-order valence-electron chi connectivity index (χ4n) is 2.25. The van der Waals surface area contributed by atoms with E-state index >= 15 is 0 Å². The average molecular weight is 281 g/mol. The maximum absolute atomic E-state index is 4.72. The highest BCUT2D eigenvalue weighted by atomic mass is 32.1. The van der Waals surface area contributed by atoms with Crippen LogP contribution in [0.2, 0.25) is 0 Å². The van der Waals surface area contributed by atoms with Crippen LogP contribution in [0.5, 0.6) is 0 Å². The summed E-state index contributed by atoms with van der Waals surface area (Å²) in [5.41, 5.74) is 3.00. The van der Waals surface area contributed by atoms with Crippen LogP contribution in [-0.4, -0.2) is 25.1 Å². The minimum Gasteiger partial charge on any atom is -0.278 e. The van der Waals surface area contributed by atoms with Gasteiger partial charge in [0.15, 0.2) is 0 Å². The van der Waals surface area contributed by atoms with Crippen LogP contribution in [0.15, 0.2) is 30.6 Å². The highest BCUT2D eigenvalue weighted by Gasteiger charge is 2.10. The molecule has 0 radical (unpaired) electrons. The van der Waals surface area contributed by atoms with Crippen molar-refractivity contribution in [1.29, 1.82) is 0 Å². The lowest BCUT2D eigenvalue weighted by Crippen LogP contribution is -1.96. The molecule has 98 valence electrons. The summed E-state index contributed by atoms with van der Waals surface area (Å²) in [6.45, 7) is 1.97. The van der Waals surface area contributed by atoms with Gasteiger partial charge in [-0.15, -0.1) is 11.3 Å². The molecule has 0 atom stereocenters. The molecule has 1 aromatic carbocycles. The molecule has 0 aliphatic rings. The van der Waals surface area contributed by atoms with Crippen LogP contribution in [-0.2, 0) is 6.42 Å². The molecule has 0 spiro atoms. The summed E-state index contributed by atoms with van der Waals surface area (Å²) in [6, 6.07) is 6.01. The summed E-state index contributed by atoms with van der Waals surface area (Å²) in [6.07, 6.45) is 4.28. The Bertz CT molecular complexity index is 908. The lowest BCUT2D eigenvalue weighted by molar-refractivity contribution is 0.937. The van der Waals surface area contributed by atoms with Crippen molar-refractivity contribution in [1.82, 2.24) is 25.1 Å². The molecular weight excluding hydrogens is 270 g/mol. The number of aryl methyl sites for hydroxylation is 1. The number of hydrogen-bond acceptors (Lipinski definition) is 5. The summed E-state index contributed by atoms with van der Waals surface area (Å²) in [5, 5.41) is 9.13. The summed E-state index contributed by atoms with van der Waals surface area (Å²) >= 11 is 1.68. The first-order valence-electron chi connectivity index (χ1n) is 6.29. The van der Waals surface area contributed by atoms with E-state index in [4.69, 9.17) is 4.98 Å². The molecule has 20 heavy (non-hydrogen) atoms. The Kier molecular flexibility index (Phi) is 2.50. The smallest absolute Gasteiger partial charge is 0.135 e. The largest absolute Gasteiger partial charge is 0.278 e. The van der Waals surface area contributed by atoms with Gasteiger partial charge in [0.25, 0.3) is 0 Å². The molecular formula is C14H11N5S. The minimum absolute atomic E-state index is 0.667. The Balaban J connectivity index is 1.80. The van der Waals surface area contributed by atoms with Crippen LogP contribution in [0, 0.1) is 6.92 Å². The van der Waals surface area contributed by atoms with Crippen molar-refractivity contribution < 1.29 is 0 Å². The Morgan fingerprint density at radius 1 is 1.20 bits per heavy atom. The van der Waals surface area contributed by atoms with Gasteiger partial charge in [-0.3, -0.25) is 5.10 Å². The lowest BCUT2D eigenvalue weighted by atomic mass is 10.2. The Morgan fingerprint density at radius 2 is 2.15 bits per heavy atom. The van der Waals surface area contributed by atoms with Gasteiger partial charge in [0, 0.05) is 17.3 Å². The predicted molar refractivity (Wildman–Crippen MR) is 78.8 cm³/mol. The van der Waals surface area contributed by atoms with Gasteiger partial charge in [0.2, 0.25) is 0 Å². The van der Waals surface area contributed by atoms with Crippen LogP contribution < -0.4 is 0 Å². The third-order valence-electron chi connectivity index (χ3n) is 3.18. The van der Waals surface area contributed by atoms with Crippen molar-refractivity contribution in [2.45, 2.75) is 13.3 Å². The Morgan fingerprint density at radius 3 is 3.05 bits per heavy atom. The molecule has 0 fully saturated rings. The number of rotatable bonds is 2. The van der Waals surface area contributed by atoms with Gasteiger partial charge in [-0.05, 0) is 25.1 Å². The van der Waals surface area contributed by atoms with Crippen molar-refractivity contribution in [3.63, 3.8) is 0 Å². The fraction of sp³-hybridized carbons (Fsp3) is 0.143. The summed E-state index contributed by atoms with van der Waals surface area (Å²) in [5.74, 6) is 0.812. The maximum Gasteiger partial charge on any atom is 0.135 e. The van der Waals surface area contributed by atoms with E-state index in [1.165, 1.54) is 4.70 Å². The van der Waals surface area contributed by atoms with E-state index in [1.54, 1.807) is 17.5 Å². The van der Waals surface area contributed by atoms with Gasteiger partial charge in [0.1, 0.15) is 10.8 Å². The van der Waals surface area contributed by atoms with E-state index in [-0.39, 0.29) is 0 Å². The summed E-state index contributed by atoms with van der Waals surface area (Å²) in [4.78, 5) is 13.4. The molecule has 0 saturated carbocycles. The first-order chi connectivity index (χ1) is 9.79. The zero-order valence-corrected chi connectivity index (χ0v) is 11.6. The van der Waals surface area contributed by atoms with Crippen LogP contribution in [0.4, 0.5) is 0 Å². The van der Waals surface area contributed by atoms with E-state index < -0.39 is 0 Å². The van der Waals surface area contributed by atoms with Crippen LogP contribution >= 0.6 is 11.3 Å². The monoisotopic (exact) mass is 281 g/mol. The van der Waals surface area contributed by atoms with Crippen molar-refractivity contribution in [2.75, 3.05) is 0 Å². The van der Waals surface area contributed by atoms with E-state index in [0.717, 1.165) is 32.9 Å². The number of aromatic nitrogens is 5. The van der Waals surface area contributed by atoms with E-state index in [2.05, 4.69) is 26.2 Å². The maximum atomic E-state index is 4.72. The summed E-state index contributed by atoms with van der Waals surface area (Å²) < 4.78 is 1.17. The molecule has 3 aromatic heterocycles. The van der Waals surface area contributed by atoms with Crippen molar-refractivity contribution in [3.8, 4) is 0 Å². The van der Waals surface area contributed by atoms with Gasteiger partial charge in [-0.25, -0.2) is 15.0 Å². The van der Waals surface area contributed by atoms with E-state index in [0.29, 0.717) is 6.42 Å². The van der Waals surface area contributed by atoms with Crippen LogP contribution in [0.25, 0.3) is 21.1 Å². The molecule has 0 unspecified atom stereocenters. The molecule has 4 rings (SSSR count). The minimum atomic E-state index is 0.667. The van der Waals surface area contributed by atoms with Crippen molar-refractivity contribution >= 4 is 32.5 Å². The van der Waals surface area contributed by atoms with Crippen molar-refractivity contribution in [3.05, 3.63) is 47.1 Å². The Hall–Kier alpha value is -2.34. The highest BCUT2D eigenvalue weighted by Crippen LogP contribution is 2.28. The van der Waals surface area contributed by atoms with E-state index in [1.807, 2.05) is 25.3 Å². The lowest BCUT2D eigenvalue weighted by Gasteiger charge is -1.96. The third kappa shape index (κ3) is 1.85. The van der Waals surface area contributed by atoms with E-state index in [9.17, 15) is 0 Å². The molecule has 0 amide bonds. The molecule has 0 aliphatic carbocycles. The number of thiazole rings is 1. The first kappa shape index (κ1) is 11.5. The molecule has 3 heterocycles. The van der Waals surface area contributed by atoms with Gasteiger partial charge in [-0.1, -0.05) is 0 Å². The molecule has 5 nitrogen and oxygen atoms in total. The zero-order chi connectivity index (χ0) is 13.5. The molecule has 0 aliphatic heterocycles. The van der Waals surface area contributed by atoms with Gasteiger partial charge in [0.05, 0.1) is 28.4 Å². The number of fused-ring (bicyclic) bond motifs is 3. The average Bonchev–Trinajstić information content (AvgIpc) is 3.02. The number of H-pyrrole nitrogens is 1. The van der Waals surface area contributed by atoms with Gasteiger partial charge >= 0.3 is 0 Å². The fourth-order valence-corrected chi connectivity index (χ4v) is 3.23. The van der Waals surface area contributed by atoms with Crippen LogP contribution in [0.3, 0.4) is 0 Å². The number of hydrogen-bond donors (Lipinski definition) is 1. The summed E-state index contributed by atoms with van der Waals surface area (Å²) in [7, 11) is 0. The third-order valence-corrected chi connectivity index (χ3v) is 4.20. The first-order valence-corrected chi connectivity index (χ1v) is 7.11. The molecule has 0 saturated heterocycles. The highest BCUT2D eigenvalue weighted by molar-refractivity contribution is 7.18. The standard InChI is InChI=1S/C14H11N5S/c1-8-4-5-15-12(17-8)6-13-18-14-9-7-16-19-10(9)2-3-11(14)20-13/h2-5,7H,6H2,1H3,(H,16,19). The quantitative estimate of drug-likeness (QED) is 0.613. The van der Waals surface area contributed by atoms with Gasteiger partial charge < -0.3 is 0 Å². The molecule has 1 N–H and O–H groups in total. The second-order valence-corrected chi connectivity index (χ2v) is 5.76. The molecule has 6 heteroatoms. The number of nitrogens with zero attached hydrogens (tertiary/aromatic N) is 4. The molecule has 0 bridgehead atoms.